The molecule has 0 amide bonds. The molecule has 32 heavy (non-hydrogen) atoms. The third-order valence-corrected chi connectivity index (χ3v) is 6.18. The van der Waals surface area contributed by atoms with Gasteiger partial charge in [-0.1, -0.05) is 36.4 Å². The highest BCUT2D eigenvalue weighted by Crippen LogP contribution is 2.36. The van der Waals surface area contributed by atoms with E-state index >= 15 is 0 Å². The normalized spacial score (nSPS) is 14.5. The first kappa shape index (κ1) is 20.4. The van der Waals surface area contributed by atoms with Crippen LogP contribution in [0.2, 0.25) is 0 Å². The first-order chi connectivity index (χ1) is 15.7. The molecular weight excluding hydrogens is 404 g/mol. The van der Waals surface area contributed by atoms with Crippen LogP contribution in [0.25, 0.3) is 10.9 Å². The van der Waals surface area contributed by atoms with Gasteiger partial charge in [0.15, 0.2) is 5.82 Å². The van der Waals surface area contributed by atoms with Gasteiger partial charge in [-0.05, 0) is 58.8 Å². The highest BCUT2D eigenvalue weighted by Gasteiger charge is 2.33. The van der Waals surface area contributed by atoms with Crippen LogP contribution < -0.4 is 10.5 Å². The van der Waals surface area contributed by atoms with Crippen molar-refractivity contribution in [3.8, 4) is 0 Å². The van der Waals surface area contributed by atoms with E-state index in [-0.39, 0.29) is 5.56 Å². The molecule has 0 saturated heterocycles. The Morgan fingerprint density at radius 1 is 1.19 bits per heavy atom. The second kappa shape index (κ2) is 8.55. The maximum Gasteiger partial charge on any atom is 0.254 e. The lowest BCUT2D eigenvalue weighted by atomic mass is 9.96. The summed E-state index contributed by atoms with van der Waals surface area (Å²) in [6.07, 6.45) is 2.01. The number of aromatic amines is 1. The molecular formula is C24H26N6O2. The predicted molar refractivity (Wildman–Crippen MR) is 123 cm³/mol. The van der Waals surface area contributed by atoms with E-state index in [2.05, 4.69) is 43.6 Å². The van der Waals surface area contributed by atoms with Crippen LogP contribution in [0.5, 0.6) is 0 Å². The zero-order chi connectivity index (χ0) is 22.1. The number of tetrazole rings is 1. The van der Waals surface area contributed by atoms with Crippen LogP contribution in [-0.2, 0) is 17.7 Å². The van der Waals surface area contributed by atoms with Gasteiger partial charge in [-0.3, -0.25) is 4.79 Å². The number of aryl methyl sites for hydroxylation is 2. The summed E-state index contributed by atoms with van der Waals surface area (Å²) in [4.78, 5) is 18.8. The van der Waals surface area contributed by atoms with E-state index in [0.29, 0.717) is 24.5 Å². The summed E-state index contributed by atoms with van der Waals surface area (Å²) >= 11 is 0. The van der Waals surface area contributed by atoms with Crippen molar-refractivity contribution in [3.05, 3.63) is 81.4 Å². The Bertz CT molecular complexity index is 1310. The number of nitrogens with one attached hydrogen (secondary N) is 1. The standard InChI is InChI=1S/C24H26N6O2/c1-16-7-5-9-18-15-19(24(31)25-21(16)18)22(23-26-27-28-30(23)13-14-32-2)29-12-6-10-17-8-3-4-11-20(17)29/h3-5,7-9,11,15,22H,6,10,12-14H2,1-2H3,(H,25,31)/t22-/m0/s1. The van der Waals surface area contributed by atoms with Gasteiger partial charge in [-0.15, -0.1) is 5.10 Å². The molecule has 0 aliphatic carbocycles. The Morgan fingerprint density at radius 2 is 2.06 bits per heavy atom. The van der Waals surface area contributed by atoms with Gasteiger partial charge in [0, 0.05) is 24.9 Å². The molecule has 164 valence electrons. The van der Waals surface area contributed by atoms with Crippen LogP contribution >= 0.6 is 0 Å². The summed E-state index contributed by atoms with van der Waals surface area (Å²) in [5.41, 5.74) is 4.80. The summed E-state index contributed by atoms with van der Waals surface area (Å²) < 4.78 is 7.00. The van der Waals surface area contributed by atoms with Crippen molar-refractivity contribution in [1.29, 1.82) is 0 Å². The largest absolute Gasteiger partial charge is 0.383 e. The minimum atomic E-state index is -0.419. The van der Waals surface area contributed by atoms with Gasteiger partial charge in [-0.2, -0.15) is 0 Å². The molecule has 8 nitrogen and oxygen atoms in total. The van der Waals surface area contributed by atoms with Crippen molar-refractivity contribution in [1.82, 2.24) is 25.2 Å². The molecule has 1 aliphatic rings. The molecule has 1 N–H and O–H groups in total. The van der Waals surface area contributed by atoms with Crippen molar-refractivity contribution < 1.29 is 4.74 Å². The number of nitrogens with zero attached hydrogens (tertiary/aromatic N) is 5. The number of ether oxygens (including phenoxy) is 1. The quantitative estimate of drug-likeness (QED) is 0.506. The molecule has 2 aromatic heterocycles. The van der Waals surface area contributed by atoms with Crippen LogP contribution in [-0.4, -0.2) is 45.5 Å². The van der Waals surface area contributed by atoms with Crippen LogP contribution in [0, 0.1) is 6.92 Å². The molecule has 0 unspecified atom stereocenters. The Labute approximate surface area is 185 Å². The first-order valence-corrected chi connectivity index (χ1v) is 10.9. The molecule has 3 heterocycles. The van der Waals surface area contributed by atoms with Gasteiger partial charge >= 0.3 is 0 Å². The summed E-state index contributed by atoms with van der Waals surface area (Å²) in [7, 11) is 1.65. The molecule has 4 aromatic rings. The lowest BCUT2D eigenvalue weighted by Gasteiger charge is -2.37. The van der Waals surface area contributed by atoms with E-state index in [1.807, 2.05) is 37.3 Å². The molecule has 0 bridgehead atoms. The molecule has 0 spiro atoms. The molecule has 0 radical (unpaired) electrons. The summed E-state index contributed by atoms with van der Waals surface area (Å²) in [5, 5.41) is 13.5. The minimum absolute atomic E-state index is 0.124. The fourth-order valence-electron chi connectivity index (χ4n) is 4.63. The number of anilines is 1. The minimum Gasteiger partial charge on any atom is -0.383 e. The second-order valence-corrected chi connectivity index (χ2v) is 8.17. The van der Waals surface area contributed by atoms with Crippen molar-refractivity contribution in [2.24, 2.45) is 0 Å². The van der Waals surface area contributed by atoms with Gasteiger partial charge in [0.05, 0.1) is 18.7 Å². The highest BCUT2D eigenvalue weighted by atomic mass is 16.5. The number of H-pyrrole nitrogens is 1. The highest BCUT2D eigenvalue weighted by molar-refractivity contribution is 5.82. The van der Waals surface area contributed by atoms with E-state index in [1.165, 1.54) is 5.56 Å². The molecule has 5 rings (SSSR count). The fraction of sp³-hybridized carbons (Fsp3) is 0.333. The summed E-state index contributed by atoms with van der Waals surface area (Å²) in [6.45, 7) is 3.80. The number of hydrogen-bond acceptors (Lipinski definition) is 6. The summed E-state index contributed by atoms with van der Waals surface area (Å²) in [6, 6.07) is 16.0. The van der Waals surface area contributed by atoms with E-state index in [9.17, 15) is 4.79 Å². The van der Waals surface area contributed by atoms with E-state index in [4.69, 9.17) is 4.74 Å². The Hall–Kier alpha value is -3.52. The molecule has 0 saturated carbocycles. The van der Waals surface area contributed by atoms with Crippen LogP contribution in [0.1, 0.15) is 35.0 Å². The second-order valence-electron chi connectivity index (χ2n) is 8.17. The number of rotatable bonds is 6. The molecule has 0 fully saturated rings. The average molecular weight is 431 g/mol. The maximum absolute atomic E-state index is 13.4. The lowest BCUT2D eigenvalue weighted by molar-refractivity contribution is 0.181. The number of para-hydroxylation sites is 2. The summed E-state index contributed by atoms with van der Waals surface area (Å²) in [5.74, 6) is 0.635. The zero-order valence-corrected chi connectivity index (χ0v) is 18.3. The van der Waals surface area contributed by atoms with Gasteiger partial charge in [-0.25, -0.2) is 4.68 Å². The molecule has 1 atom stereocenters. The van der Waals surface area contributed by atoms with Crippen molar-refractivity contribution in [2.75, 3.05) is 25.2 Å². The fourth-order valence-corrected chi connectivity index (χ4v) is 4.63. The SMILES string of the molecule is COCCn1nnnc1[C@H](c1cc2cccc(C)c2[nH]c1=O)N1CCCc2ccccc21. The molecule has 8 heteroatoms. The average Bonchev–Trinajstić information content (AvgIpc) is 3.27. The Kier molecular flexibility index (Phi) is 5.45. The smallest absolute Gasteiger partial charge is 0.254 e. The topological polar surface area (TPSA) is 88.9 Å². The monoisotopic (exact) mass is 430 g/mol. The number of benzene rings is 2. The maximum atomic E-state index is 13.4. The van der Waals surface area contributed by atoms with Gasteiger partial charge in [0.1, 0.15) is 6.04 Å². The Balaban J connectivity index is 1.72. The molecule has 1 aliphatic heterocycles. The molecule has 2 aromatic carbocycles. The van der Waals surface area contributed by atoms with Gasteiger partial charge in [0.2, 0.25) is 0 Å². The number of hydrogen-bond donors (Lipinski definition) is 1. The third kappa shape index (κ3) is 3.56. The van der Waals surface area contributed by atoms with Crippen LogP contribution in [0.4, 0.5) is 5.69 Å². The van der Waals surface area contributed by atoms with Crippen LogP contribution in [0.15, 0.2) is 53.3 Å². The van der Waals surface area contributed by atoms with Crippen molar-refractivity contribution in [2.45, 2.75) is 32.4 Å². The lowest BCUT2D eigenvalue weighted by Crippen LogP contribution is -2.38. The number of fused-ring (bicyclic) bond motifs is 2. The number of aromatic nitrogens is 5. The number of pyridine rings is 1. The zero-order valence-electron chi connectivity index (χ0n) is 18.3. The van der Waals surface area contributed by atoms with E-state index in [0.717, 1.165) is 41.5 Å². The number of methoxy groups -OCH3 is 1. The van der Waals surface area contributed by atoms with Crippen molar-refractivity contribution >= 4 is 16.6 Å². The van der Waals surface area contributed by atoms with Gasteiger partial charge in [0.25, 0.3) is 5.56 Å². The van der Waals surface area contributed by atoms with Gasteiger partial charge < -0.3 is 14.6 Å². The van der Waals surface area contributed by atoms with Crippen LogP contribution in [0.3, 0.4) is 0 Å². The van der Waals surface area contributed by atoms with Crippen molar-refractivity contribution in [3.63, 3.8) is 0 Å². The van der Waals surface area contributed by atoms with E-state index < -0.39 is 6.04 Å². The van der Waals surface area contributed by atoms with E-state index in [1.54, 1.807) is 11.8 Å². The third-order valence-electron chi connectivity index (χ3n) is 6.18. The first-order valence-electron chi connectivity index (χ1n) is 10.9. The predicted octanol–water partition coefficient (Wildman–Crippen LogP) is 3.01. The Morgan fingerprint density at radius 3 is 2.94 bits per heavy atom.